The van der Waals surface area contributed by atoms with E-state index in [9.17, 15) is 5.26 Å². The summed E-state index contributed by atoms with van der Waals surface area (Å²) in [5.41, 5.74) is 5.76. The lowest BCUT2D eigenvalue weighted by atomic mass is 9.92. The zero-order valence-electron chi connectivity index (χ0n) is 13.8. The maximum Gasteiger partial charge on any atom is 0.125 e. The predicted molar refractivity (Wildman–Crippen MR) is 90.3 cm³/mol. The third-order valence-electron chi connectivity index (χ3n) is 4.03. The van der Waals surface area contributed by atoms with Crippen LogP contribution >= 0.6 is 0 Å². The first-order valence-corrected chi connectivity index (χ1v) is 7.68. The Morgan fingerprint density at radius 3 is 2.32 bits per heavy atom. The minimum atomic E-state index is -0.121. The van der Waals surface area contributed by atoms with E-state index in [1.807, 2.05) is 6.07 Å². The highest BCUT2D eigenvalue weighted by atomic mass is 16.5. The highest BCUT2D eigenvalue weighted by Gasteiger charge is 2.14. The van der Waals surface area contributed by atoms with Crippen LogP contribution < -0.4 is 4.74 Å². The first kappa shape index (κ1) is 16.1. The van der Waals surface area contributed by atoms with Gasteiger partial charge in [0.05, 0.1) is 18.6 Å². The molecule has 2 aromatic carbocycles. The molecule has 0 aliphatic rings. The molecular weight excluding hydrogens is 270 g/mol. The third kappa shape index (κ3) is 3.68. The molecule has 22 heavy (non-hydrogen) atoms. The summed E-state index contributed by atoms with van der Waals surface area (Å²) in [6.45, 7) is 8.77. The summed E-state index contributed by atoms with van der Waals surface area (Å²) >= 11 is 0. The molecule has 0 aromatic heterocycles. The van der Waals surface area contributed by atoms with E-state index in [2.05, 4.69) is 64.1 Å². The molecule has 2 aromatic rings. The van der Waals surface area contributed by atoms with Gasteiger partial charge < -0.3 is 4.74 Å². The minimum Gasteiger partial charge on any atom is -0.493 e. The van der Waals surface area contributed by atoms with E-state index in [4.69, 9.17) is 4.74 Å². The number of hydrogen-bond acceptors (Lipinski definition) is 2. The Kier molecular flexibility index (Phi) is 5.22. The van der Waals surface area contributed by atoms with Crippen molar-refractivity contribution < 1.29 is 4.74 Å². The predicted octanol–water partition coefficient (Wildman–Crippen LogP) is 5.00. The Balaban J connectivity index is 2.06. The maximum atomic E-state index is 9.50. The largest absolute Gasteiger partial charge is 0.493 e. The third-order valence-corrected chi connectivity index (χ3v) is 4.03. The average molecular weight is 293 g/mol. The van der Waals surface area contributed by atoms with E-state index in [1.54, 1.807) is 0 Å². The zero-order valence-corrected chi connectivity index (χ0v) is 13.8. The van der Waals surface area contributed by atoms with Gasteiger partial charge in [-0.2, -0.15) is 5.26 Å². The molecule has 0 radical (unpaired) electrons. The van der Waals surface area contributed by atoms with E-state index in [-0.39, 0.29) is 5.92 Å². The van der Waals surface area contributed by atoms with Crippen LogP contribution in [0.25, 0.3) is 0 Å². The number of nitriles is 1. The van der Waals surface area contributed by atoms with Crippen molar-refractivity contribution in [3.8, 4) is 11.8 Å². The highest BCUT2D eigenvalue weighted by Crippen LogP contribution is 2.26. The van der Waals surface area contributed by atoms with Crippen LogP contribution in [0.15, 0.2) is 36.4 Å². The normalized spacial score (nSPS) is 11.8. The summed E-state index contributed by atoms with van der Waals surface area (Å²) in [5.74, 6) is 0.823. The summed E-state index contributed by atoms with van der Waals surface area (Å²) in [6, 6.07) is 14.8. The lowest BCUT2D eigenvalue weighted by Gasteiger charge is -2.16. The molecule has 0 spiro atoms. The van der Waals surface area contributed by atoms with Crippen LogP contribution in [0.3, 0.4) is 0 Å². The Bertz CT molecular complexity index is 677. The van der Waals surface area contributed by atoms with Gasteiger partial charge in [0.15, 0.2) is 0 Å². The number of aryl methyl sites for hydroxylation is 4. The van der Waals surface area contributed by atoms with Crippen molar-refractivity contribution in [1.29, 1.82) is 5.26 Å². The van der Waals surface area contributed by atoms with Crippen molar-refractivity contribution in [3.63, 3.8) is 0 Å². The molecule has 2 rings (SSSR count). The molecule has 0 saturated heterocycles. The van der Waals surface area contributed by atoms with Crippen molar-refractivity contribution in [2.75, 3.05) is 6.61 Å². The number of para-hydroxylation sites is 1. The molecule has 0 aliphatic carbocycles. The molecule has 2 heteroatoms. The molecule has 0 heterocycles. The van der Waals surface area contributed by atoms with Crippen molar-refractivity contribution in [1.82, 2.24) is 0 Å². The second kappa shape index (κ2) is 7.13. The van der Waals surface area contributed by atoms with E-state index < -0.39 is 0 Å². The van der Waals surface area contributed by atoms with E-state index in [0.717, 1.165) is 22.4 Å². The van der Waals surface area contributed by atoms with Crippen molar-refractivity contribution in [3.05, 3.63) is 64.2 Å². The van der Waals surface area contributed by atoms with Crippen LogP contribution in [-0.2, 0) is 0 Å². The standard InChI is InChI=1S/C20H23NO/c1-14-8-9-15(2)19(12-14)18(13-21)10-11-22-20-16(3)6-5-7-17(20)4/h5-9,12,18H,10-11H2,1-4H3. The number of hydrogen-bond donors (Lipinski definition) is 0. The number of ether oxygens (including phenoxy) is 1. The second-order valence-corrected chi connectivity index (χ2v) is 5.90. The van der Waals surface area contributed by atoms with Crippen molar-refractivity contribution in [2.45, 2.75) is 40.0 Å². The van der Waals surface area contributed by atoms with Crippen molar-refractivity contribution in [2.24, 2.45) is 0 Å². The molecule has 0 aliphatic heterocycles. The molecular formula is C20H23NO. The minimum absolute atomic E-state index is 0.121. The summed E-state index contributed by atoms with van der Waals surface area (Å²) < 4.78 is 5.94. The van der Waals surface area contributed by atoms with Gasteiger partial charge >= 0.3 is 0 Å². The zero-order chi connectivity index (χ0) is 16.1. The Hall–Kier alpha value is -2.27. The molecule has 1 atom stereocenters. The molecule has 0 saturated carbocycles. The Morgan fingerprint density at radius 1 is 1.00 bits per heavy atom. The molecule has 2 nitrogen and oxygen atoms in total. The summed E-state index contributed by atoms with van der Waals surface area (Å²) in [5, 5.41) is 9.50. The monoisotopic (exact) mass is 293 g/mol. The molecule has 0 bridgehead atoms. The SMILES string of the molecule is Cc1ccc(C)c(C(C#N)CCOc2c(C)cccc2C)c1. The van der Waals surface area contributed by atoms with Gasteiger partial charge in [-0.05, 0) is 49.9 Å². The number of rotatable bonds is 5. The maximum absolute atomic E-state index is 9.50. The van der Waals surface area contributed by atoms with Crippen LogP contribution in [0, 0.1) is 39.0 Å². The summed E-state index contributed by atoms with van der Waals surface area (Å²) in [4.78, 5) is 0. The van der Waals surface area contributed by atoms with Gasteiger partial charge in [0.25, 0.3) is 0 Å². The van der Waals surface area contributed by atoms with Gasteiger partial charge in [0.2, 0.25) is 0 Å². The van der Waals surface area contributed by atoms with Crippen molar-refractivity contribution >= 4 is 0 Å². The van der Waals surface area contributed by atoms with Crippen LogP contribution in [0.4, 0.5) is 0 Å². The Morgan fingerprint density at radius 2 is 1.68 bits per heavy atom. The molecule has 0 fully saturated rings. The van der Waals surface area contributed by atoms with Gasteiger partial charge in [-0.25, -0.2) is 0 Å². The van der Waals surface area contributed by atoms with Gasteiger partial charge in [0.1, 0.15) is 5.75 Å². The van der Waals surface area contributed by atoms with Crippen LogP contribution in [0.5, 0.6) is 5.75 Å². The van der Waals surface area contributed by atoms with E-state index in [1.165, 1.54) is 11.1 Å². The van der Waals surface area contributed by atoms with E-state index >= 15 is 0 Å². The Labute approximate surface area is 133 Å². The van der Waals surface area contributed by atoms with Crippen LogP contribution in [0.1, 0.15) is 40.2 Å². The quantitative estimate of drug-likeness (QED) is 0.777. The summed E-state index contributed by atoms with van der Waals surface area (Å²) in [6.07, 6.45) is 0.703. The van der Waals surface area contributed by atoms with Crippen LogP contribution in [0.2, 0.25) is 0 Å². The topological polar surface area (TPSA) is 33.0 Å². The molecule has 0 N–H and O–H groups in total. The van der Waals surface area contributed by atoms with Gasteiger partial charge in [0, 0.05) is 6.42 Å². The molecule has 0 amide bonds. The summed E-state index contributed by atoms with van der Waals surface area (Å²) in [7, 11) is 0. The fraction of sp³-hybridized carbons (Fsp3) is 0.350. The lowest BCUT2D eigenvalue weighted by Crippen LogP contribution is -2.07. The number of nitrogens with zero attached hydrogens (tertiary/aromatic N) is 1. The second-order valence-electron chi connectivity index (χ2n) is 5.90. The highest BCUT2D eigenvalue weighted by molar-refractivity contribution is 5.40. The molecule has 114 valence electrons. The van der Waals surface area contributed by atoms with Gasteiger partial charge in [-0.1, -0.05) is 42.0 Å². The molecule has 1 unspecified atom stereocenters. The van der Waals surface area contributed by atoms with Gasteiger partial charge in [-0.3, -0.25) is 0 Å². The first-order valence-electron chi connectivity index (χ1n) is 7.68. The lowest BCUT2D eigenvalue weighted by molar-refractivity contribution is 0.302. The van der Waals surface area contributed by atoms with Crippen LogP contribution in [-0.4, -0.2) is 6.61 Å². The first-order chi connectivity index (χ1) is 10.5. The fourth-order valence-electron chi connectivity index (χ4n) is 2.73. The fourth-order valence-corrected chi connectivity index (χ4v) is 2.73. The van der Waals surface area contributed by atoms with E-state index in [0.29, 0.717) is 13.0 Å². The van der Waals surface area contributed by atoms with Gasteiger partial charge in [-0.15, -0.1) is 0 Å². The smallest absolute Gasteiger partial charge is 0.125 e. The average Bonchev–Trinajstić information content (AvgIpc) is 2.49. The number of benzene rings is 2.